The van der Waals surface area contributed by atoms with Crippen LogP contribution < -0.4 is 10.2 Å². The number of rotatable bonds is 6. The van der Waals surface area contributed by atoms with E-state index >= 15 is 0 Å². The Kier molecular flexibility index (Phi) is 4.97. The smallest absolute Gasteiger partial charge is 0.136 e. The van der Waals surface area contributed by atoms with Gasteiger partial charge >= 0.3 is 0 Å². The Balaban J connectivity index is 2.39. The molecule has 0 aliphatic carbocycles. The summed E-state index contributed by atoms with van der Waals surface area (Å²) in [5, 5.41) is 5.83. The Morgan fingerprint density at radius 1 is 1.30 bits per heavy atom. The number of nitrogens with zero attached hydrogens (tertiary/aromatic N) is 2. The number of aromatic nitrogens is 1. The first-order valence-electron chi connectivity index (χ1n) is 6.99. The zero-order chi connectivity index (χ0) is 14.4. The minimum Gasteiger partial charge on any atom is -0.348 e. The Labute approximate surface area is 121 Å². The number of hydrogen-bond donors (Lipinski definition) is 1. The summed E-state index contributed by atoms with van der Waals surface area (Å²) >= 11 is 0. The maximum Gasteiger partial charge on any atom is 0.136 e. The van der Waals surface area contributed by atoms with Crippen LogP contribution in [0.25, 0.3) is 10.8 Å². The Morgan fingerprint density at radius 2 is 2.05 bits per heavy atom. The van der Waals surface area contributed by atoms with Gasteiger partial charge in [-0.15, -0.1) is 6.42 Å². The van der Waals surface area contributed by atoms with Crippen LogP contribution in [-0.2, 0) is 6.54 Å². The molecule has 2 aromatic rings. The highest BCUT2D eigenvalue weighted by molar-refractivity contribution is 5.94. The highest BCUT2D eigenvalue weighted by Crippen LogP contribution is 2.26. The Morgan fingerprint density at radius 3 is 2.75 bits per heavy atom. The average molecular weight is 267 g/mol. The standard InChI is InChI=1S/C17H21N3/c1-4-10-18-12-14-13-19-17(20(3)11-5-2)16-9-7-6-8-15(14)16/h2,6-9,13,18H,4,10-12H2,1,3H3. The van der Waals surface area contributed by atoms with Gasteiger partial charge in [0.15, 0.2) is 0 Å². The lowest BCUT2D eigenvalue weighted by atomic mass is 10.1. The molecule has 0 spiro atoms. The molecule has 0 amide bonds. The van der Waals surface area contributed by atoms with Gasteiger partial charge in [-0.1, -0.05) is 37.1 Å². The van der Waals surface area contributed by atoms with Crippen LogP contribution in [0.2, 0.25) is 0 Å². The van der Waals surface area contributed by atoms with E-state index in [1.807, 2.05) is 24.2 Å². The summed E-state index contributed by atoms with van der Waals surface area (Å²) in [6, 6.07) is 8.36. The second kappa shape index (κ2) is 6.93. The van der Waals surface area contributed by atoms with Crippen molar-refractivity contribution in [3.63, 3.8) is 0 Å². The van der Waals surface area contributed by atoms with Crippen molar-refractivity contribution in [2.24, 2.45) is 0 Å². The third-order valence-electron chi connectivity index (χ3n) is 3.29. The molecule has 3 heteroatoms. The zero-order valence-corrected chi connectivity index (χ0v) is 12.2. The topological polar surface area (TPSA) is 28.2 Å². The molecule has 0 atom stereocenters. The van der Waals surface area contributed by atoms with Crippen LogP contribution in [0.4, 0.5) is 5.82 Å². The van der Waals surface area contributed by atoms with Gasteiger partial charge in [0.2, 0.25) is 0 Å². The summed E-state index contributed by atoms with van der Waals surface area (Å²) in [6.07, 6.45) is 8.48. The third kappa shape index (κ3) is 3.09. The van der Waals surface area contributed by atoms with Crippen molar-refractivity contribution in [3.8, 4) is 12.3 Å². The number of anilines is 1. The molecule has 20 heavy (non-hydrogen) atoms. The van der Waals surface area contributed by atoms with E-state index in [0.717, 1.165) is 30.7 Å². The fourth-order valence-corrected chi connectivity index (χ4v) is 2.29. The summed E-state index contributed by atoms with van der Waals surface area (Å²) in [4.78, 5) is 6.60. The van der Waals surface area contributed by atoms with Crippen LogP contribution in [0.3, 0.4) is 0 Å². The van der Waals surface area contributed by atoms with Gasteiger partial charge in [0, 0.05) is 25.2 Å². The van der Waals surface area contributed by atoms with Crippen LogP contribution >= 0.6 is 0 Å². The molecule has 1 N–H and O–H groups in total. The molecular formula is C17H21N3. The largest absolute Gasteiger partial charge is 0.348 e. The lowest BCUT2D eigenvalue weighted by Crippen LogP contribution is -2.19. The maximum atomic E-state index is 5.39. The van der Waals surface area contributed by atoms with Crippen molar-refractivity contribution in [1.82, 2.24) is 10.3 Å². The number of nitrogens with one attached hydrogen (secondary N) is 1. The van der Waals surface area contributed by atoms with Crippen molar-refractivity contribution in [1.29, 1.82) is 0 Å². The molecule has 0 radical (unpaired) electrons. The number of benzene rings is 1. The molecule has 0 aliphatic heterocycles. The van der Waals surface area contributed by atoms with E-state index < -0.39 is 0 Å². The number of terminal acetylenes is 1. The van der Waals surface area contributed by atoms with Crippen LogP contribution in [0, 0.1) is 12.3 Å². The first-order valence-corrected chi connectivity index (χ1v) is 6.99. The zero-order valence-electron chi connectivity index (χ0n) is 12.2. The number of hydrogen-bond acceptors (Lipinski definition) is 3. The third-order valence-corrected chi connectivity index (χ3v) is 3.29. The summed E-state index contributed by atoms with van der Waals surface area (Å²) in [6.45, 7) is 4.60. The van der Waals surface area contributed by atoms with Gasteiger partial charge in [0.25, 0.3) is 0 Å². The van der Waals surface area contributed by atoms with Gasteiger partial charge < -0.3 is 10.2 Å². The lowest BCUT2D eigenvalue weighted by Gasteiger charge is -2.18. The lowest BCUT2D eigenvalue weighted by molar-refractivity contribution is 0.676. The molecular weight excluding hydrogens is 246 g/mol. The molecule has 0 aliphatic rings. The SMILES string of the molecule is C#CCN(C)c1ncc(CNCCC)c2ccccc12. The Bertz CT molecular complexity index is 613. The highest BCUT2D eigenvalue weighted by atomic mass is 15.2. The van der Waals surface area contributed by atoms with E-state index in [2.05, 4.69) is 41.3 Å². The van der Waals surface area contributed by atoms with Crippen molar-refractivity contribution < 1.29 is 0 Å². The second-order valence-electron chi connectivity index (χ2n) is 4.89. The highest BCUT2D eigenvalue weighted by Gasteiger charge is 2.09. The van der Waals surface area contributed by atoms with Crippen LogP contribution in [0.15, 0.2) is 30.5 Å². The van der Waals surface area contributed by atoms with E-state index in [1.54, 1.807) is 0 Å². The molecule has 1 aromatic heterocycles. The molecule has 1 heterocycles. The van der Waals surface area contributed by atoms with Crippen LogP contribution in [0.5, 0.6) is 0 Å². The van der Waals surface area contributed by atoms with E-state index in [1.165, 1.54) is 10.9 Å². The van der Waals surface area contributed by atoms with Crippen molar-refractivity contribution >= 4 is 16.6 Å². The summed E-state index contributed by atoms with van der Waals surface area (Å²) in [7, 11) is 1.98. The van der Waals surface area contributed by atoms with Crippen molar-refractivity contribution in [3.05, 3.63) is 36.0 Å². The predicted molar refractivity (Wildman–Crippen MR) is 85.8 cm³/mol. The van der Waals surface area contributed by atoms with Crippen LogP contribution in [-0.4, -0.2) is 25.1 Å². The molecule has 2 rings (SSSR count). The molecule has 0 saturated carbocycles. The molecule has 1 aromatic carbocycles. The first-order chi connectivity index (χ1) is 9.77. The van der Waals surface area contributed by atoms with Gasteiger partial charge in [0.05, 0.1) is 6.54 Å². The first kappa shape index (κ1) is 14.4. The monoisotopic (exact) mass is 267 g/mol. The molecule has 0 unspecified atom stereocenters. The normalized spacial score (nSPS) is 10.4. The summed E-state index contributed by atoms with van der Waals surface area (Å²) < 4.78 is 0. The van der Waals surface area contributed by atoms with E-state index in [-0.39, 0.29) is 0 Å². The molecule has 104 valence electrons. The number of pyridine rings is 1. The molecule has 3 nitrogen and oxygen atoms in total. The van der Waals surface area contributed by atoms with Gasteiger partial charge in [-0.05, 0) is 23.9 Å². The maximum absolute atomic E-state index is 5.39. The summed E-state index contributed by atoms with van der Waals surface area (Å²) in [5.74, 6) is 3.60. The quantitative estimate of drug-likeness (QED) is 0.644. The van der Waals surface area contributed by atoms with E-state index in [0.29, 0.717) is 6.54 Å². The van der Waals surface area contributed by atoms with Crippen LogP contribution in [0.1, 0.15) is 18.9 Å². The number of fused-ring (bicyclic) bond motifs is 1. The van der Waals surface area contributed by atoms with Gasteiger partial charge in [-0.3, -0.25) is 0 Å². The van der Waals surface area contributed by atoms with Crippen molar-refractivity contribution in [2.75, 3.05) is 25.0 Å². The fraction of sp³-hybridized carbons (Fsp3) is 0.353. The van der Waals surface area contributed by atoms with E-state index in [4.69, 9.17) is 6.42 Å². The fourth-order valence-electron chi connectivity index (χ4n) is 2.29. The minimum absolute atomic E-state index is 0.560. The summed E-state index contributed by atoms with van der Waals surface area (Å²) in [5.41, 5.74) is 1.23. The molecule has 0 saturated heterocycles. The molecule has 0 bridgehead atoms. The van der Waals surface area contributed by atoms with Crippen molar-refractivity contribution in [2.45, 2.75) is 19.9 Å². The average Bonchev–Trinajstić information content (AvgIpc) is 2.48. The van der Waals surface area contributed by atoms with E-state index in [9.17, 15) is 0 Å². The predicted octanol–water partition coefficient (Wildman–Crippen LogP) is 2.80. The minimum atomic E-state index is 0.560. The van der Waals surface area contributed by atoms with Gasteiger partial charge in [-0.2, -0.15) is 0 Å². The van der Waals surface area contributed by atoms with Gasteiger partial charge in [-0.25, -0.2) is 4.98 Å². The Hall–Kier alpha value is -2.05. The van der Waals surface area contributed by atoms with Gasteiger partial charge in [0.1, 0.15) is 5.82 Å². The molecule has 0 fully saturated rings. The second-order valence-corrected chi connectivity index (χ2v) is 4.89.